The zero-order valence-electron chi connectivity index (χ0n) is 17.4. The van der Waals surface area contributed by atoms with E-state index in [4.69, 9.17) is 4.74 Å². The highest BCUT2D eigenvalue weighted by atomic mass is 16.5. The Morgan fingerprint density at radius 1 is 1.07 bits per heavy atom. The number of para-hydroxylation sites is 1. The quantitative estimate of drug-likeness (QED) is 0.826. The first-order valence-corrected chi connectivity index (χ1v) is 10.6. The van der Waals surface area contributed by atoms with Crippen LogP contribution in [-0.4, -0.2) is 35.5 Å². The van der Waals surface area contributed by atoms with Crippen LogP contribution in [0.2, 0.25) is 0 Å². The minimum Gasteiger partial charge on any atom is -0.491 e. The molecule has 1 spiro atoms. The van der Waals surface area contributed by atoms with Gasteiger partial charge in [-0.15, -0.1) is 0 Å². The van der Waals surface area contributed by atoms with E-state index in [9.17, 15) is 4.79 Å². The molecule has 4 rings (SSSR count). The maximum Gasteiger partial charge on any atom is 0.222 e. The zero-order chi connectivity index (χ0) is 20.3. The monoisotopic (exact) mass is 393 g/mol. The third-order valence-corrected chi connectivity index (χ3v) is 5.91. The predicted octanol–water partition coefficient (Wildman–Crippen LogP) is 3.94. The standard InChI is InChI=1S/C24H31N3O2/c1-18(2)29-21-9-7-19(8-10-21)17-27-13-11-24(12-14-27)15-23(28)25-16-20-5-3-4-6-22(20)26-24/h3-10,18,26H,11-17H2,1-2H3,(H,25,28). The summed E-state index contributed by atoms with van der Waals surface area (Å²) in [6.45, 7) is 7.57. The lowest BCUT2D eigenvalue weighted by Crippen LogP contribution is -2.52. The van der Waals surface area contributed by atoms with Gasteiger partial charge in [0.05, 0.1) is 6.10 Å². The maximum atomic E-state index is 12.4. The minimum absolute atomic E-state index is 0.140. The fourth-order valence-corrected chi connectivity index (χ4v) is 4.33. The van der Waals surface area contributed by atoms with Crippen LogP contribution >= 0.6 is 0 Å². The van der Waals surface area contributed by atoms with E-state index in [0.29, 0.717) is 13.0 Å². The summed E-state index contributed by atoms with van der Waals surface area (Å²) < 4.78 is 5.74. The molecule has 2 aromatic carbocycles. The van der Waals surface area contributed by atoms with Crippen LogP contribution in [0.1, 0.15) is 44.2 Å². The third kappa shape index (κ3) is 4.91. The van der Waals surface area contributed by atoms with Gasteiger partial charge >= 0.3 is 0 Å². The largest absolute Gasteiger partial charge is 0.491 e. The number of piperidine rings is 1. The Morgan fingerprint density at radius 2 is 1.79 bits per heavy atom. The van der Waals surface area contributed by atoms with Crippen molar-refractivity contribution in [2.45, 2.75) is 57.8 Å². The molecule has 0 unspecified atom stereocenters. The molecular weight excluding hydrogens is 362 g/mol. The molecule has 0 saturated carbocycles. The molecule has 2 heterocycles. The van der Waals surface area contributed by atoms with Gasteiger partial charge in [0, 0.05) is 43.8 Å². The second-order valence-electron chi connectivity index (χ2n) is 8.60. The van der Waals surface area contributed by atoms with Crippen molar-refractivity contribution in [1.82, 2.24) is 10.2 Å². The van der Waals surface area contributed by atoms with E-state index >= 15 is 0 Å². The average Bonchev–Trinajstić information content (AvgIpc) is 2.69. The van der Waals surface area contributed by atoms with E-state index in [1.807, 2.05) is 19.9 Å². The number of benzene rings is 2. The number of ether oxygens (including phenoxy) is 1. The van der Waals surface area contributed by atoms with Crippen molar-refractivity contribution >= 4 is 11.6 Å². The van der Waals surface area contributed by atoms with Crippen LogP contribution < -0.4 is 15.4 Å². The number of hydrogen-bond acceptors (Lipinski definition) is 4. The number of nitrogens with zero attached hydrogens (tertiary/aromatic N) is 1. The predicted molar refractivity (Wildman–Crippen MR) is 116 cm³/mol. The SMILES string of the molecule is CC(C)Oc1ccc(CN2CCC3(CC2)CC(=O)NCc2ccccc2N3)cc1. The fourth-order valence-electron chi connectivity index (χ4n) is 4.33. The van der Waals surface area contributed by atoms with E-state index in [1.165, 1.54) is 5.56 Å². The van der Waals surface area contributed by atoms with Gasteiger partial charge in [-0.3, -0.25) is 9.69 Å². The van der Waals surface area contributed by atoms with Crippen LogP contribution in [0.15, 0.2) is 48.5 Å². The van der Waals surface area contributed by atoms with Gasteiger partial charge in [0.1, 0.15) is 5.75 Å². The summed E-state index contributed by atoms with van der Waals surface area (Å²) >= 11 is 0. The molecule has 0 radical (unpaired) electrons. The molecule has 0 aliphatic carbocycles. The van der Waals surface area contributed by atoms with Crippen LogP contribution in [0.5, 0.6) is 5.75 Å². The Morgan fingerprint density at radius 3 is 2.52 bits per heavy atom. The van der Waals surface area contributed by atoms with E-state index < -0.39 is 0 Å². The first kappa shape index (κ1) is 19.8. The van der Waals surface area contributed by atoms with Gasteiger partial charge in [-0.1, -0.05) is 30.3 Å². The molecule has 2 N–H and O–H groups in total. The molecule has 2 aromatic rings. The van der Waals surface area contributed by atoms with Crippen LogP contribution in [0.4, 0.5) is 5.69 Å². The molecule has 5 nitrogen and oxygen atoms in total. The number of anilines is 1. The second kappa shape index (κ2) is 8.46. The number of fused-ring (bicyclic) bond motifs is 1. The summed E-state index contributed by atoms with van der Waals surface area (Å²) in [4.78, 5) is 14.9. The number of likely N-dealkylation sites (tertiary alicyclic amines) is 1. The Balaban J connectivity index is 1.40. The number of amides is 1. The van der Waals surface area contributed by atoms with Crippen molar-refractivity contribution < 1.29 is 9.53 Å². The summed E-state index contributed by atoms with van der Waals surface area (Å²) in [5, 5.41) is 6.83. The number of carbonyl (C=O) groups excluding carboxylic acids is 1. The van der Waals surface area contributed by atoms with Gasteiger partial charge in [0.25, 0.3) is 0 Å². The first-order valence-electron chi connectivity index (χ1n) is 10.6. The van der Waals surface area contributed by atoms with Crippen molar-refractivity contribution in [3.8, 4) is 5.75 Å². The van der Waals surface area contributed by atoms with Gasteiger partial charge in [-0.2, -0.15) is 0 Å². The Bertz CT molecular complexity index is 839. The van der Waals surface area contributed by atoms with Crippen molar-refractivity contribution in [1.29, 1.82) is 0 Å². The highest BCUT2D eigenvalue weighted by molar-refractivity contribution is 5.79. The molecular formula is C24H31N3O2. The Kier molecular flexibility index (Phi) is 5.76. The van der Waals surface area contributed by atoms with Gasteiger partial charge in [0.2, 0.25) is 5.91 Å². The molecule has 1 saturated heterocycles. The van der Waals surface area contributed by atoms with E-state index in [-0.39, 0.29) is 17.6 Å². The van der Waals surface area contributed by atoms with Crippen LogP contribution in [0.3, 0.4) is 0 Å². The fraction of sp³-hybridized carbons (Fsp3) is 0.458. The first-order chi connectivity index (χ1) is 14.0. The van der Waals surface area contributed by atoms with E-state index in [0.717, 1.165) is 49.5 Å². The van der Waals surface area contributed by atoms with Gasteiger partial charge < -0.3 is 15.4 Å². The van der Waals surface area contributed by atoms with E-state index in [2.05, 4.69) is 58.0 Å². The van der Waals surface area contributed by atoms with Gasteiger partial charge in [-0.25, -0.2) is 0 Å². The third-order valence-electron chi connectivity index (χ3n) is 5.91. The lowest BCUT2D eigenvalue weighted by Gasteiger charge is -2.44. The van der Waals surface area contributed by atoms with Gasteiger partial charge in [0.15, 0.2) is 0 Å². The highest BCUT2D eigenvalue weighted by Crippen LogP contribution is 2.33. The van der Waals surface area contributed by atoms with Crippen molar-refractivity contribution in [2.24, 2.45) is 0 Å². The molecule has 0 bridgehead atoms. The molecule has 2 aliphatic heterocycles. The van der Waals surface area contributed by atoms with Gasteiger partial charge in [-0.05, 0) is 56.0 Å². The Labute approximate surface area is 173 Å². The summed E-state index contributed by atoms with van der Waals surface area (Å²) in [6, 6.07) is 16.7. The number of nitrogens with one attached hydrogen (secondary N) is 2. The molecule has 1 amide bonds. The summed E-state index contributed by atoms with van der Waals surface area (Å²) in [7, 11) is 0. The highest BCUT2D eigenvalue weighted by Gasteiger charge is 2.37. The van der Waals surface area contributed by atoms with Crippen LogP contribution in [-0.2, 0) is 17.9 Å². The second-order valence-corrected chi connectivity index (χ2v) is 8.60. The number of rotatable bonds is 4. The summed E-state index contributed by atoms with van der Waals surface area (Å²) in [5.41, 5.74) is 3.45. The Hall–Kier alpha value is -2.53. The topological polar surface area (TPSA) is 53.6 Å². The van der Waals surface area contributed by atoms with Crippen molar-refractivity contribution in [3.63, 3.8) is 0 Å². The van der Waals surface area contributed by atoms with Crippen molar-refractivity contribution in [2.75, 3.05) is 18.4 Å². The molecule has 154 valence electrons. The van der Waals surface area contributed by atoms with E-state index in [1.54, 1.807) is 0 Å². The van der Waals surface area contributed by atoms with Crippen LogP contribution in [0, 0.1) is 0 Å². The zero-order valence-corrected chi connectivity index (χ0v) is 17.4. The normalized spacial score (nSPS) is 19.1. The molecule has 29 heavy (non-hydrogen) atoms. The average molecular weight is 394 g/mol. The van der Waals surface area contributed by atoms with Crippen LogP contribution in [0.25, 0.3) is 0 Å². The molecule has 0 atom stereocenters. The molecule has 1 fully saturated rings. The van der Waals surface area contributed by atoms with Crippen molar-refractivity contribution in [3.05, 3.63) is 59.7 Å². The minimum atomic E-state index is -0.161. The molecule has 2 aliphatic rings. The lowest BCUT2D eigenvalue weighted by atomic mass is 9.82. The maximum absolute atomic E-state index is 12.4. The summed E-state index contributed by atoms with van der Waals surface area (Å²) in [6.07, 6.45) is 2.65. The lowest BCUT2D eigenvalue weighted by molar-refractivity contribution is -0.122. The molecule has 0 aromatic heterocycles. The summed E-state index contributed by atoms with van der Waals surface area (Å²) in [5.74, 6) is 1.06. The number of hydrogen-bond donors (Lipinski definition) is 2. The number of carbonyl (C=O) groups is 1. The smallest absolute Gasteiger partial charge is 0.222 e. The molecule has 5 heteroatoms.